The molecule has 0 heterocycles. The Morgan fingerprint density at radius 1 is 0.667 bits per heavy atom. The smallest absolute Gasteiger partial charge is 0.292 e. The molecule has 2 aromatic carbocycles. The molecule has 0 radical (unpaired) electrons. The third kappa shape index (κ3) is 4.71. The maximum atomic E-state index is 9.49. The normalized spacial score (nSPS) is 34.5. The van der Waals surface area contributed by atoms with Crippen molar-refractivity contribution in [3.05, 3.63) is 58.7 Å². The maximum absolute atomic E-state index is 9.49. The number of benzene rings is 2. The Morgan fingerprint density at radius 3 is 1.74 bits per heavy atom. The fourth-order valence-electron chi connectivity index (χ4n) is 11.6. The van der Waals surface area contributed by atoms with Gasteiger partial charge in [0.25, 0.3) is 12.5 Å². The van der Waals surface area contributed by atoms with E-state index in [1.54, 1.807) is 0 Å². The van der Waals surface area contributed by atoms with E-state index in [0.717, 1.165) is 11.5 Å². The lowest BCUT2D eigenvalue weighted by Crippen LogP contribution is -2.60. The number of hydrogen-bond acceptors (Lipinski definition) is 4. The monoisotopic (exact) mass is 562 g/mol. The maximum Gasteiger partial charge on any atom is 0.292 e. The average Bonchev–Trinajstić information content (AvgIpc) is 2.97. The van der Waals surface area contributed by atoms with E-state index in [0.29, 0.717) is 34.5 Å². The van der Waals surface area contributed by atoms with Crippen LogP contribution < -0.4 is 9.47 Å². The first-order valence-corrected chi connectivity index (χ1v) is 16.8. The summed E-state index contributed by atoms with van der Waals surface area (Å²) in [5.74, 6) is 3.57. The van der Waals surface area contributed by atoms with Gasteiger partial charge in [0.2, 0.25) is 0 Å². The highest BCUT2D eigenvalue weighted by Crippen LogP contribution is 2.74. The molecule has 0 saturated heterocycles. The standard InChI is InChI=1S/C38H46N2O2/c1-36-19-29-20-37(2,21-36)23-38(22-36,30-14-16-34(42-25-40)32(18-30)27-11-7-4-8-12-27)35(29)28-13-15-33(41-24-39)31(17-28)26-9-5-3-6-10-26/h13-18,26-27,29,35H,3-12,19-23H2,1-2H3. The highest BCUT2D eigenvalue weighted by atomic mass is 16.5. The Hall–Kier alpha value is -2.98. The summed E-state index contributed by atoms with van der Waals surface area (Å²) in [5, 5.41) is 19.0. The molecule has 4 bridgehead atoms. The Balaban J connectivity index is 1.37. The summed E-state index contributed by atoms with van der Waals surface area (Å²) in [6.07, 6.45) is 22.7. The van der Waals surface area contributed by atoms with E-state index in [-0.39, 0.29) is 5.41 Å². The third-order valence-corrected chi connectivity index (χ3v) is 12.3. The van der Waals surface area contributed by atoms with E-state index in [1.807, 2.05) is 12.5 Å². The van der Waals surface area contributed by atoms with Gasteiger partial charge in [0.15, 0.2) is 0 Å². The molecule has 6 fully saturated rings. The molecule has 4 nitrogen and oxygen atoms in total. The number of nitriles is 2. The molecule has 0 aliphatic heterocycles. The molecule has 0 spiro atoms. The van der Waals surface area contributed by atoms with Crippen LogP contribution in [0.3, 0.4) is 0 Å². The minimum absolute atomic E-state index is 0.0545. The molecular weight excluding hydrogens is 516 g/mol. The topological polar surface area (TPSA) is 66.0 Å². The van der Waals surface area contributed by atoms with E-state index < -0.39 is 0 Å². The summed E-state index contributed by atoms with van der Waals surface area (Å²) in [5.41, 5.74) is 6.21. The fourth-order valence-corrected chi connectivity index (χ4v) is 11.6. The first-order chi connectivity index (χ1) is 20.4. The van der Waals surface area contributed by atoms with Crippen LogP contribution in [0.25, 0.3) is 0 Å². The van der Waals surface area contributed by atoms with E-state index >= 15 is 0 Å². The summed E-state index contributed by atoms with van der Waals surface area (Å²) in [6, 6.07) is 13.8. The Morgan fingerprint density at radius 2 is 1.19 bits per heavy atom. The predicted octanol–water partition coefficient (Wildman–Crippen LogP) is 10.1. The fraction of sp³-hybridized carbons (Fsp3) is 0.632. The molecule has 8 rings (SSSR count). The number of hydrogen-bond donors (Lipinski definition) is 0. The van der Waals surface area contributed by atoms with E-state index in [1.165, 1.54) is 119 Å². The zero-order valence-corrected chi connectivity index (χ0v) is 25.6. The number of ether oxygens (including phenoxy) is 2. The van der Waals surface area contributed by atoms with Crippen molar-refractivity contribution in [1.29, 1.82) is 10.5 Å². The van der Waals surface area contributed by atoms with E-state index in [2.05, 4.69) is 50.2 Å². The molecule has 6 aliphatic rings. The van der Waals surface area contributed by atoms with Crippen molar-refractivity contribution < 1.29 is 9.47 Å². The van der Waals surface area contributed by atoms with Crippen LogP contribution in [0.2, 0.25) is 0 Å². The molecule has 6 saturated carbocycles. The zero-order chi connectivity index (χ0) is 29.0. The Labute approximate surface area is 252 Å². The van der Waals surface area contributed by atoms with Crippen molar-refractivity contribution in [3.8, 4) is 24.0 Å². The van der Waals surface area contributed by atoms with Crippen molar-refractivity contribution in [1.82, 2.24) is 0 Å². The van der Waals surface area contributed by atoms with Gasteiger partial charge in [-0.2, -0.15) is 0 Å². The molecule has 2 aromatic rings. The lowest BCUT2D eigenvalue weighted by atomic mass is 9.35. The van der Waals surface area contributed by atoms with Crippen LogP contribution in [0, 0.1) is 39.8 Å². The molecule has 3 atom stereocenters. The van der Waals surface area contributed by atoms with Crippen LogP contribution in [0.4, 0.5) is 0 Å². The minimum atomic E-state index is 0.0545. The van der Waals surface area contributed by atoms with Crippen molar-refractivity contribution in [3.63, 3.8) is 0 Å². The Kier molecular flexibility index (Phi) is 7.04. The summed E-state index contributed by atoms with van der Waals surface area (Å²) < 4.78 is 11.2. The van der Waals surface area contributed by atoms with Gasteiger partial charge in [0, 0.05) is 5.41 Å². The quantitative estimate of drug-likeness (QED) is 0.329. The predicted molar refractivity (Wildman–Crippen MR) is 164 cm³/mol. The first kappa shape index (κ1) is 27.8. The molecule has 220 valence electrons. The molecule has 6 aliphatic carbocycles. The zero-order valence-electron chi connectivity index (χ0n) is 25.6. The summed E-state index contributed by atoms with van der Waals surface area (Å²) in [6.45, 7) is 5.13. The second-order valence-corrected chi connectivity index (χ2v) is 15.6. The summed E-state index contributed by atoms with van der Waals surface area (Å²) in [7, 11) is 0. The number of rotatable bonds is 6. The van der Waals surface area contributed by atoms with Crippen LogP contribution in [-0.4, -0.2) is 0 Å². The van der Waals surface area contributed by atoms with Crippen molar-refractivity contribution in [2.24, 2.45) is 16.7 Å². The van der Waals surface area contributed by atoms with Crippen molar-refractivity contribution in [2.45, 2.75) is 133 Å². The van der Waals surface area contributed by atoms with Crippen LogP contribution in [0.15, 0.2) is 36.4 Å². The van der Waals surface area contributed by atoms with Gasteiger partial charge in [-0.3, -0.25) is 0 Å². The molecular formula is C38H46N2O2. The van der Waals surface area contributed by atoms with Gasteiger partial charge in [-0.15, -0.1) is 10.5 Å². The highest BCUT2D eigenvalue weighted by molar-refractivity contribution is 5.49. The largest absolute Gasteiger partial charge is 0.388 e. The molecule has 3 unspecified atom stereocenters. The van der Waals surface area contributed by atoms with Gasteiger partial charge >= 0.3 is 0 Å². The van der Waals surface area contributed by atoms with E-state index in [4.69, 9.17) is 9.47 Å². The van der Waals surface area contributed by atoms with Gasteiger partial charge < -0.3 is 9.47 Å². The lowest BCUT2D eigenvalue weighted by Gasteiger charge is -2.69. The minimum Gasteiger partial charge on any atom is -0.388 e. The second-order valence-electron chi connectivity index (χ2n) is 15.6. The second kappa shape index (κ2) is 10.6. The van der Waals surface area contributed by atoms with Crippen molar-refractivity contribution >= 4 is 0 Å². The summed E-state index contributed by atoms with van der Waals surface area (Å²) >= 11 is 0. The number of nitrogens with zero attached hydrogens (tertiary/aromatic N) is 2. The molecule has 4 heteroatoms. The van der Waals surface area contributed by atoms with Gasteiger partial charge in [0.1, 0.15) is 11.5 Å². The van der Waals surface area contributed by atoms with Gasteiger partial charge in [-0.05, 0) is 127 Å². The third-order valence-electron chi connectivity index (χ3n) is 12.3. The average molecular weight is 563 g/mol. The van der Waals surface area contributed by atoms with Gasteiger partial charge in [-0.1, -0.05) is 76.6 Å². The SMILES string of the molecule is CC12CC3CC(C)(C1)CC(c1ccc(OC#N)c(C4CCCCC4)c1)(C2)C3c1ccc(OC#N)c(C2CCCCC2)c1. The van der Waals surface area contributed by atoms with Crippen LogP contribution in [-0.2, 0) is 5.41 Å². The first-order valence-electron chi connectivity index (χ1n) is 16.8. The van der Waals surface area contributed by atoms with Crippen LogP contribution in [0.5, 0.6) is 11.5 Å². The lowest BCUT2D eigenvalue weighted by molar-refractivity contribution is -0.125. The molecule has 0 amide bonds. The Bertz CT molecular complexity index is 1400. The van der Waals surface area contributed by atoms with Gasteiger partial charge in [-0.25, -0.2) is 0 Å². The summed E-state index contributed by atoms with van der Waals surface area (Å²) in [4.78, 5) is 0. The van der Waals surface area contributed by atoms with Crippen LogP contribution >= 0.6 is 0 Å². The van der Waals surface area contributed by atoms with Gasteiger partial charge in [0.05, 0.1) is 0 Å². The molecule has 42 heavy (non-hydrogen) atoms. The van der Waals surface area contributed by atoms with E-state index in [9.17, 15) is 10.5 Å². The van der Waals surface area contributed by atoms with Crippen molar-refractivity contribution in [2.75, 3.05) is 0 Å². The molecule has 0 N–H and O–H groups in total. The highest BCUT2D eigenvalue weighted by Gasteiger charge is 2.65. The van der Waals surface area contributed by atoms with Crippen LogP contribution in [0.1, 0.15) is 150 Å². The molecule has 0 aromatic heterocycles.